The van der Waals surface area contributed by atoms with Gasteiger partial charge in [-0.05, 0) is 25.7 Å². The lowest BCUT2D eigenvalue weighted by Crippen LogP contribution is -2.38. The molecule has 0 aromatic rings. The Morgan fingerprint density at radius 3 is 2.33 bits per heavy atom. The number of nitrogens with zero attached hydrogens (tertiary/aromatic N) is 1. The third kappa shape index (κ3) is 4.49. The molecular formula is C12H21NO4S. The van der Waals surface area contributed by atoms with Crippen LogP contribution in [-0.4, -0.2) is 58.2 Å². The van der Waals surface area contributed by atoms with Crippen LogP contribution in [-0.2, 0) is 9.59 Å². The Morgan fingerprint density at radius 1 is 1.33 bits per heavy atom. The third-order valence-corrected chi connectivity index (χ3v) is 4.55. The van der Waals surface area contributed by atoms with Crippen molar-refractivity contribution in [1.29, 1.82) is 0 Å². The van der Waals surface area contributed by atoms with Gasteiger partial charge in [0.15, 0.2) is 0 Å². The van der Waals surface area contributed by atoms with Gasteiger partial charge in [-0.25, -0.2) is 0 Å². The van der Waals surface area contributed by atoms with E-state index in [0.717, 1.165) is 0 Å². The van der Waals surface area contributed by atoms with Crippen LogP contribution in [0, 0.1) is 5.92 Å². The minimum Gasteiger partial charge on any atom is -0.481 e. The van der Waals surface area contributed by atoms with Gasteiger partial charge in [0, 0.05) is 19.8 Å². The van der Waals surface area contributed by atoms with Gasteiger partial charge < -0.3 is 15.1 Å². The molecule has 18 heavy (non-hydrogen) atoms. The molecule has 0 bridgehead atoms. The van der Waals surface area contributed by atoms with Gasteiger partial charge in [0.25, 0.3) is 0 Å². The number of hydrogen-bond acceptors (Lipinski definition) is 4. The number of carbonyl (C=O) groups excluding carboxylic acids is 1. The lowest BCUT2D eigenvalue weighted by Gasteiger charge is -2.34. The zero-order valence-corrected chi connectivity index (χ0v) is 11.7. The van der Waals surface area contributed by atoms with E-state index in [4.69, 9.17) is 5.11 Å². The summed E-state index contributed by atoms with van der Waals surface area (Å²) in [5.41, 5.74) is -0.802. The van der Waals surface area contributed by atoms with Crippen LogP contribution < -0.4 is 0 Å². The number of carboxylic acids is 1. The van der Waals surface area contributed by atoms with Crippen molar-refractivity contribution < 1.29 is 19.8 Å². The van der Waals surface area contributed by atoms with Crippen LogP contribution in [0.3, 0.4) is 0 Å². The molecule has 104 valence electrons. The van der Waals surface area contributed by atoms with E-state index >= 15 is 0 Å². The molecule has 1 fully saturated rings. The van der Waals surface area contributed by atoms with Gasteiger partial charge in [-0.1, -0.05) is 0 Å². The molecule has 0 heterocycles. The first-order valence-electron chi connectivity index (χ1n) is 6.07. The zero-order valence-electron chi connectivity index (χ0n) is 10.9. The van der Waals surface area contributed by atoms with Crippen molar-refractivity contribution in [2.75, 3.05) is 25.6 Å². The maximum Gasteiger partial charge on any atom is 0.306 e. The highest BCUT2D eigenvalue weighted by Crippen LogP contribution is 2.34. The number of thioether (sulfide) groups is 1. The molecule has 5 nitrogen and oxygen atoms in total. The second-order valence-electron chi connectivity index (χ2n) is 5.12. The predicted octanol–water partition coefficient (Wildman–Crippen LogP) is 0.814. The quantitative estimate of drug-likeness (QED) is 0.776. The van der Waals surface area contributed by atoms with E-state index in [1.165, 1.54) is 16.7 Å². The number of rotatable bonds is 5. The summed E-state index contributed by atoms with van der Waals surface area (Å²) >= 11 is 1.42. The molecule has 0 aromatic carbocycles. The van der Waals surface area contributed by atoms with Crippen molar-refractivity contribution in [3.8, 4) is 0 Å². The summed E-state index contributed by atoms with van der Waals surface area (Å²) in [5, 5.41) is 19.2. The van der Waals surface area contributed by atoms with E-state index in [1.807, 2.05) is 0 Å². The number of carbonyl (C=O) groups is 2. The number of amides is 1. The monoisotopic (exact) mass is 275 g/mol. The molecule has 2 N–H and O–H groups in total. The SMILES string of the molecule is CN(C)C(=O)CSCC1(O)CCC(C(=O)O)CC1. The molecular weight excluding hydrogens is 254 g/mol. The van der Waals surface area contributed by atoms with Crippen LogP contribution in [0.2, 0.25) is 0 Å². The van der Waals surface area contributed by atoms with E-state index < -0.39 is 11.6 Å². The number of hydrogen-bond donors (Lipinski definition) is 2. The Kier molecular flexibility index (Phi) is 5.47. The van der Waals surface area contributed by atoms with Crippen molar-refractivity contribution in [2.24, 2.45) is 5.92 Å². The number of carboxylic acid groups (broad SMARTS) is 1. The van der Waals surface area contributed by atoms with Gasteiger partial charge in [-0.3, -0.25) is 9.59 Å². The van der Waals surface area contributed by atoms with Crippen molar-refractivity contribution in [3.05, 3.63) is 0 Å². The minimum absolute atomic E-state index is 0.0304. The lowest BCUT2D eigenvalue weighted by atomic mass is 9.80. The first kappa shape index (κ1) is 15.3. The van der Waals surface area contributed by atoms with Crippen molar-refractivity contribution in [3.63, 3.8) is 0 Å². The summed E-state index contributed by atoms with van der Waals surface area (Å²) in [6.45, 7) is 0. The fourth-order valence-corrected chi connectivity index (χ4v) is 3.21. The summed E-state index contributed by atoms with van der Waals surface area (Å²) < 4.78 is 0. The normalized spacial score (nSPS) is 27.8. The summed E-state index contributed by atoms with van der Waals surface area (Å²) in [6, 6.07) is 0. The van der Waals surface area contributed by atoms with Crippen LogP contribution in [0.1, 0.15) is 25.7 Å². The van der Waals surface area contributed by atoms with Crippen LogP contribution in [0.25, 0.3) is 0 Å². The van der Waals surface area contributed by atoms with Crippen LogP contribution in [0.4, 0.5) is 0 Å². The van der Waals surface area contributed by atoms with Crippen molar-refractivity contribution in [1.82, 2.24) is 4.90 Å². The summed E-state index contributed by atoms with van der Waals surface area (Å²) in [4.78, 5) is 23.7. The van der Waals surface area contributed by atoms with Gasteiger partial charge in [0.2, 0.25) is 5.91 Å². The van der Waals surface area contributed by atoms with E-state index in [2.05, 4.69) is 0 Å². The molecule has 0 saturated heterocycles. The van der Waals surface area contributed by atoms with Gasteiger partial charge in [-0.2, -0.15) is 0 Å². The van der Waals surface area contributed by atoms with Crippen molar-refractivity contribution in [2.45, 2.75) is 31.3 Å². The first-order valence-corrected chi connectivity index (χ1v) is 7.22. The van der Waals surface area contributed by atoms with Crippen LogP contribution >= 0.6 is 11.8 Å². The highest BCUT2D eigenvalue weighted by atomic mass is 32.2. The maximum absolute atomic E-state index is 11.4. The summed E-state index contributed by atoms with van der Waals surface area (Å²) in [5.74, 6) is -0.203. The molecule has 0 radical (unpaired) electrons. The van der Waals surface area contributed by atoms with Gasteiger partial charge in [0.1, 0.15) is 0 Å². The molecule has 0 unspecified atom stereocenters. The third-order valence-electron chi connectivity index (χ3n) is 3.36. The van der Waals surface area contributed by atoms with Gasteiger partial charge in [0.05, 0.1) is 17.3 Å². The molecule has 0 aliphatic heterocycles. The Hall–Kier alpha value is -0.750. The molecule has 0 spiro atoms. The first-order chi connectivity index (χ1) is 8.34. The molecule has 0 aromatic heterocycles. The second-order valence-corrected chi connectivity index (χ2v) is 6.10. The number of aliphatic carboxylic acids is 1. The molecule has 1 aliphatic rings. The Morgan fingerprint density at radius 2 is 1.89 bits per heavy atom. The smallest absolute Gasteiger partial charge is 0.306 e. The summed E-state index contributed by atoms with van der Waals surface area (Å²) in [6.07, 6.45) is 2.06. The molecule has 1 rings (SSSR count). The largest absolute Gasteiger partial charge is 0.481 e. The lowest BCUT2D eigenvalue weighted by molar-refractivity contribution is -0.144. The van der Waals surface area contributed by atoms with Gasteiger partial charge in [-0.15, -0.1) is 11.8 Å². The Bertz CT molecular complexity index is 311. The maximum atomic E-state index is 11.4. The zero-order chi connectivity index (χ0) is 13.8. The van der Waals surface area contributed by atoms with Crippen LogP contribution in [0.5, 0.6) is 0 Å². The highest BCUT2D eigenvalue weighted by Gasteiger charge is 2.35. The fourth-order valence-electron chi connectivity index (χ4n) is 2.00. The predicted molar refractivity (Wildman–Crippen MR) is 70.6 cm³/mol. The molecule has 1 amide bonds. The standard InChI is InChI=1S/C12H21NO4S/c1-13(2)10(14)7-18-8-12(17)5-3-9(4-6-12)11(15)16/h9,17H,3-8H2,1-2H3,(H,15,16). The number of aliphatic hydroxyl groups is 1. The van der Waals surface area contributed by atoms with E-state index in [0.29, 0.717) is 37.2 Å². The average Bonchev–Trinajstić information content (AvgIpc) is 2.29. The Labute approximate surface area is 112 Å². The van der Waals surface area contributed by atoms with Gasteiger partial charge >= 0.3 is 5.97 Å². The van der Waals surface area contributed by atoms with E-state index in [-0.39, 0.29) is 11.8 Å². The Balaban J connectivity index is 2.30. The fraction of sp³-hybridized carbons (Fsp3) is 0.833. The average molecular weight is 275 g/mol. The topological polar surface area (TPSA) is 77.8 Å². The van der Waals surface area contributed by atoms with E-state index in [9.17, 15) is 14.7 Å². The van der Waals surface area contributed by atoms with E-state index in [1.54, 1.807) is 14.1 Å². The molecule has 1 aliphatic carbocycles. The second kappa shape index (κ2) is 6.43. The molecule has 6 heteroatoms. The molecule has 0 atom stereocenters. The van der Waals surface area contributed by atoms with Crippen LogP contribution in [0.15, 0.2) is 0 Å². The molecule has 1 saturated carbocycles. The minimum atomic E-state index is -0.802. The van der Waals surface area contributed by atoms with Crippen molar-refractivity contribution >= 4 is 23.6 Å². The highest BCUT2D eigenvalue weighted by molar-refractivity contribution is 8.00. The summed E-state index contributed by atoms with van der Waals surface area (Å²) in [7, 11) is 3.41.